The van der Waals surface area contributed by atoms with E-state index < -0.39 is 6.00 Å². The summed E-state index contributed by atoms with van der Waals surface area (Å²) in [5.74, 6) is 0. The Morgan fingerprint density at radius 1 is 0.545 bits per heavy atom. The highest BCUT2D eigenvalue weighted by molar-refractivity contribution is 7.66. The molecule has 0 spiro atoms. The van der Waals surface area contributed by atoms with Gasteiger partial charge < -0.3 is 0 Å². The van der Waals surface area contributed by atoms with Crippen LogP contribution in [0.1, 0.15) is 110 Å². The fraction of sp³-hybridized carbons (Fsp3) is 0.944. The van der Waals surface area contributed by atoms with Crippen molar-refractivity contribution in [3.63, 3.8) is 0 Å². The van der Waals surface area contributed by atoms with Gasteiger partial charge in [0.1, 0.15) is 0 Å². The zero-order chi connectivity index (χ0) is 16.5. The molecule has 0 heterocycles. The molecule has 0 aromatic rings. The Balaban J connectivity index is 3.00. The van der Waals surface area contributed by atoms with E-state index in [1.165, 1.54) is 96.3 Å². The maximum Gasteiger partial charge on any atom is 0.344 e. The lowest BCUT2D eigenvalue weighted by Crippen LogP contribution is -2.10. The summed E-state index contributed by atoms with van der Waals surface area (Å²) in [4.78, 5) is 0. The molecule has 0 aliphatic rings. The SMILES string of the molecule is CCCCCCCCCCCCCCCCC[CH][Si](Cl)(Cl)Cl. The minimum atomic E-state index is -2.47. The molecule has 0 rings (SSSR count). The van der Waals surface area contributed by atoms with Crippen LogP contribution < -0.4 is 0 Å². The van der Waals surface area contributed by atoms with Crippen LogP contribution in [-0.2, 0) is 0 Å². The highest BCUT2D eigenvalue weighted by Gasteiger charge is 2.23. The van der Waals surface area contributed by atoms with Gasteiger partial charge in [-0.25, -0.2) is 0 Å². The van der Waals surface area contributed by atoms with E-state index in [1.807, 2.05) is 6.04 Å². The van der Waals surface area contributed by atoms with Crippen molar-refractivity contribution >= 4 is 39.2 Å². The molecule has 22 heavy (non-hydrogen) atoms. The first kappa shape index (κ1) is 23.1. The normalized spacial score (nSPS) is 12.0. The van der Waals surface area contributed by atoms with Gasteiger partial charge in [0.15, 0.2) is 0 Å². The van der Waals surface area contributed by atoms with E-state index in [2.05, 4.69) is 6.92 Å². The van der Waals surface area contributed by atoms with Crippen LogP contribution >= 0.6 is 33.2 Å². The molecule has 133 valence electrons. The van der Waals surface area contributed by atoms with Crippen molar-refractivity contribution < 1.29 is 0 Å². The number of hydrogen-bond acceptors (Lipinski definition) is 0. The molecule has 0 aromatic heterocycles. The average Bonchev–Trinajstić information content (AvgIpc) is 2.45. The van der Waals surface area contributed by atoms with Gasteiger partial charge in [0.2, 0.25) is 0 Å². The highest BCUT2D eigenvalue weighted by atomic mass is 35.8. The monoisotopic (exact) mass is 385 g/mol. The first-order valence-corrected chi connectivity index (χ1v) is 14.6. The molecule has 0 saturated heterocycles. The molecule has 0 saturated carbocycles. The van der Waals surface area contributed by atoms with Crippen molar-refractivity contribution in [1.29, 1.82) is 0 Å². The smallest absolute Gasteiger partial charge is 0.126 e. The molecule has 0 atom stereocenters. The predicted octanol–water partition coefficient (Wildman–Crippen LogP) is 8.65. The summed E-state index contributed by atoms with van der Waals surface area (Å²) in [6.45, 7) is 2.28. The van der Waals surface area contributed by atoms with Gasteiger partial charge in [0, 0.05) is 0 Å². The molecule has 0 bridgehead atoms. The summed E-state index contributed by atoms with van der Waals surface area (Å²) < 4.78 is 0. The number of unbranched alkanes of at least 4 members (excludes halogenated alkanes) is 15. The molecular weight excluding hydrogens is 351 g/mol. The molecule has 0 aliphatic heterocycles. The molecule has 0 amide bonds. The van der Waals surface area contributed by atoms with Crippen LogP contribution in [0.25, 0.3) is 0 Å². The third-order valence-electron chi connectivity index (χ3n) is 4.18. The second-order valence-corrected chi connectivity index (χ2v) is 15.1. The quantitative estimate of drug-likeness (QED) is 0.133. The topological polar surface area (TPSA) is 0 Å². The largest absolute Gasteiger partial charge is 0.344 e. The van der Waals surface area contributed by atoms with Gasteiger partial charge in [-0.05, 0) is 12.5 Å². The van der Waals surface area contributed by atoms with E-state index in [9.17, 15) is 0 Å². The summed E-state index contributed by atoms with van der Waals surface area (Å²) in [5, 5.41) is 0. The molecule has 1 radical (unpaired) electrons. The van der Waals surface area contributed by atoms with Crippen molar-refractivity contribution in [3.05, 3.63) is 6.04 Å². The van der Waals surface area contributed by atoms with E-state index in [0.29, 0.717) is 0 Å². The van der Waals surface area contributed by atoms with Gasteiger partial charge >= 0.3 is 6.00 Å². The van der Waals surface area contributed by atoms with Crippen molar-refractivity contribution in [2.45, 2.75) is 110 Å². The lowest BCUT2D eigenvalue weighted by atomic mass is 10.0. The Bertz CT molecular complexity index is 217. The molecule has 4 heteroatoms. The average molecular weight is 387 g/mol. The van der Waals surface area contributed by atoms with Crippen LogP contribution in [0, 0.1) is 6.04 Å². The molecule has 0 nitrogen and oxygen atoms in total. The van der Waals surface area contributed by atoms with E-state index in [0.717, 1.165) is 6.42 Å². The predicted molar refractivity (Wildman–Crippen MR) is 107 cm³/mol. The Hall–Kier alpha value is 1.09. The van der Waals surface area contributed by atoms with Crippen molar-refractivity contribution in [2.75, 3.05) is 0 Å². The summed E-state index contributed by atoms with van der Waals surface area (Å²) in [5.41, 5.74) is 0. The number of hydrogen-bond donors (Lipinski definition) is 0. The maximum absolute atomic E-state index is 5.81. The second-order valence-electron chi connectivity index (χ2n) is 6.48. The summed E-state index contributed by atoms with van der Waals surface area (Å²) in [7, 11) is 0. The first-order chi connectivity index (χ1) is 10.6. The van der Waals surface area contributed by atoms with Gasteiger partial charge in [-0.1, -0.05) is 103 Å². The third-order valence-corrected chi connectivity index (χ3v) is 6.32. The van der Waals surface area contributed by atoms with Crippen LogP contribution in [0.4, 0.5) is 0 Å². The minimum absolute atomic E-state index is 0.973. The molecule has 0 N–H and O–H groups in total. The standard InChI is InChI=1S/C18H36Cl3Si/c1-2-3-4-5-6-7-8-9-10-11-12-13-14-15-16-17-18-22(19,20)21/h18H,2-17H2,1H3. The Kier molecular flexibility index (Phi) is 17.8. The van der Waals surface area contributed by atoms with Crippen LogP contribution in [0.15, 0.2) is 0 Å². The van der Waals surface area contributed by atoms with Crippen LogP contribution in [-0.4, -0.2) is 6.00 Å². The Morgan fingerprint density at radius 2 is 0.864 bits per heavy atom. The van der Waals surface area contributed by atoms with Gasteiger partial charge in [0.05, 0.1) is 0 Å². The van der Waals surface area contributed by atoms with E-state index in [4.69, 9.17) is 33.2 Å². The second kappa shape index (κ2) is 16.9. The lowest BCUT2D eigenvalue weighted by molar-refractivity contribution is 0.532. The van der Waals surface area contributed by atoms with Crippen LogP contribution in [0.2, 0.25) is 0 Å². The molecule has 0 unspecified atom stereocenters. The minimum Gasteiger partial charge on any atom is -0.126 e. The Morgan fingerprint density at radius 3 is 1.18 bits per heavy atom. The van der Waals surface area contributed by atoms with E-state index >= 15 is 0 Å². The summed E-state index contributed by atoms with van der Waals surface area (Å²) in [6.07, 6.45) is 21.9. The van der Waals surface area contributed by atoms with Crippen LogP contribution in [0.5, 0.6) is 0 Å². The van der Waals surface area contributed by atoms with Gasteiger partial charge in [-0.2, -0.15) is 0 Å². The third kappa shape index (κ3) is 21.1. The maximum atomic E-state index is 5.81. The zero-order valence-corrected chi connectivity index (χ0v) is 17.8. The van der Waals surface area contributed by atoms with Crippen molar-refractivity contribution in [3.8, 4) is 0 Å². The fourth-order valence-electron chi connectivity index (χ4n) is 2.78. The van der Waals surface area contributed by atoms with Crippen LogP contribution in [0.3, 0.4) is 0 Å². The Labute approximate surface area is 154 Å². The number of rotatable bonds is 17. The van der Waals surface area contributed by atoms with Gasteiger partial charge in [-0.3, -0.25) is 0 Å². The fourth-order valence-corrected chi connectivity index (χ4v) is 4.29. The van der Waals surface area contributed by atoms with Crippen molar-refractivity contribution in [1.82, 2.24) is 0 Å². The number of halogens is 3. The molecular formula is C18H36Cl3Si. The van der Waals surface area contributed by atoms with E-state index in [-0.39, 0.29) is 0 Å². The van der Waals surface area contributed by atoms with Gasteiger partial charge in [-0.15, -0.1) is 33.2 Å². The van der Waals surface area contributed by atoms with Gasteiger partial charge in [0.25, 0.3) is 0 Å². The summed E-state index contributed by atoms with van der Waals surface area (Å²) >= 11 is 17.4. The molecule has 0 fully saturated rings. The first-order valence-electron chi connectivity index (χ1n) is 9.47. The van der Waals surface area contributed by atoms with E-state index in [1.54, 1.807) is 0 Å². The lowest BCUT2D eigenvalue weighted by Gasteiger charge is -2.06. The zero-order valence-electron chi connectivity index (χ0n) is 14.5. The molecule has 0 aromatic carbocycles. The van der Waals surface area contributed by atoms with Crippen molar-refractivity contribution in [2.24, 2.45) is 0 Å². The molecule has 0 aliphatic carbocycles. The summed E-state index contributed by atoms with van der Waals surface area (Å²) in [6, 6.07) is -0.556. The highest BCUT2D eigenvalue weighted by Crippen LogP contribution is 2.25.